The lowest BCUT2D eigenvalue weighted by molar-refractivity contribution is -0.135. The third-order valence-electron chi connectivity index (χ3n) is 5.81. The number of nitrogens with zero attached hydrogens (tertiary/aromatic N) is 3. The van der Waals surface area contributed by atoms with Gasteiger partial charge < -0.3 is 4.90 Å². The Morgan fingerprint density at radius 2 is 1.77 bits per heavy atom. The van der Waals surface area contributed by atoms with Crippen LogP contribution in [0.4, 0.5) is 0 Å². The van der Waals surface area contributed by atoms with E-state index < -0.39 is 10.0 Å². The molecule has 0 saturated carbocycles. The normalized spacial score (nSPS) is 15.9. The van der Waals surface area contributed by atoms with Gasteiger partial charge >= 0.3 is 0 Å². The lowest BCUT2D eigenvalue weighted by Crippen LogP contribution is -2.44. The number of aryl methyl sites for hydroxylation is 3. The molecule has 0 N–H and O–H groups in total. The Kier molecular flexibility index (Phi) is 6.93. The maximum Gasteiger partial charge on any atom is 0.243 e. The van der Waals surface area contributed by atoms with Crippen LogP contribution in [0.15, 0.2) is 41.4 Å². The van der Waals surface area contributed by atoms with Crippen molar-refractivity contribution >= 4 is 15.9 Å². The highest BCUT2D eigenvalue weighted by Crippen LogP contribution is 2.29. The second kappa shape index (κ2) is 9.27. The van der Waals surface area contributed by atoms with E-state index in [0.717, 1.165) is 22.4 Å². The van der Waals surface area contributed by atoms with Crippen molar-refractivity contribution in [2.75, 3.05) is 26.7 Å². The molecule has 0 atom stereocenters. The topological polar surface area (TPSA) is 70.6 Å². The Morgan fingerprint density at radius 3 is 2.33 bits per heavy atom. The molecule has 1 fully saturated rings. The van der Waals surface area contributed by atoms with Crippen molar-refractivity contribution in [2.24, 2.45) is 5.92 Å². The molecule has 0 unspecified atom stereocenters. The van der Waals surface area contributed by atoms with Gasteiger partial charge in [-0.25, -0.2) is 8.42 Å². The van der Waals surface area contributed by atoms with Crippen molar-refractivity contribution in [3.8, 4) is 0 Å². The highest BCUT2D eigenvalue weighted by atomic mass is 32.2. The van der Waals surface area contributed by atoms with Crippen LogP contribution in [0, 0.1) is 26.7 Å². The second-order valence-electron chi connectivity index (χ2n) is 8.24. The predicted octanol–water partition coefficient (Wildman–Crippen LogP) is 3.11. The van der Waals surface area contributed by atoms with Gasteiger partial charge in [0, 0.05) is 50.9 Å². The average Bonchev–Trinajstić information content (AvgIpc) is 2.71. The van der Waals surface area contributed by atoms with E-state index in [9.17, 15) is 13.2 Å². The molecule has 0 radical (unpaired) electrons. The molecule has 0 bridgehead atoms. The summed E-state index contributed by atoms with van der Waals surface area (Å²) in [6.07, 6.45) is 3.57. The summed E-state index contributed by atoms with van der Waals surface area (Å²) >= 11 is 0. The standard InChI is InChI=1S/C23H31N3O3S/c1-17-15-18(2)22(19(3)16-17)30(28,29)26-13-8-20(9-14-26)23(27)25(4)12-10-21-7-5-6-11-24-21/h5-7,11,15-16,20H,8-10,12-14H2,1-4H3. The van der Waals surface area contributed by atoms with Crippen molar-refractivity contribution in [3.05, 3.63) is 58.9 Å². The van der Waals surface area contributed by atoms with Gasteiger partial charge in [0.1, 0.15) is 0 Å². The molecule has 2 aromatic rings. The number of hydrogen-bond acceptors (Lipinski definition) is 4. The largest absolute Gasteiger partial charge is 0.345 e. The van der Waals surface area contributed by atoms with E-state index in [1.807, 2.05) is 58.2 Å². The molecule has 0 spiro atoms. The molecule has 1 aromatic carbocycles. The first-order valence-corrected chi connectivity index (χ1v) is 11.9. The van der Waals surface area contributed by atoms with Crippen molar-refractivity contribution in [1.29, 1.82) is 0 Å². The van der Waals surface area contributed by atoms with Crippen LogP contribution in [0.1, 0.15) is 35.2 Å². The summed E-state index contributed by atoms with van der Waals surface area (Å²) in [5.74, 6) is -0.0453. The number of piperidine rings is 1. The first kappa shape index (κ1) is 22.4. The molecule has 1 aliphatic rings. The van der Waals surface area contributed by atoms with Crippen LogP contribution >= 0.6 is 0 Å². The van der Waals surface area contributed by atoms with Crippen molar-refractivity contribution in [1.82, 2.24) is 14.2 Å². The summed E-state index contributed by atoms with van der Waals surface area (Å²) < 4.78 is 28.0. The molecule has 0 aliphatic carbocycles. The highest BCUT2D eigenvalue weighted by molar-refractivity contribution is 7.89. The van der Waals surface area contributed by atoms with Gasteiger partial charge in [-0.2, -0.15) is 4.31 Å². The fourth-order valence-corrected chi connectivity index (χ4v) is 6.18. The minimum Gasteiger partial charge on any atom is -0.345 e. The molecular weight excluding hydrogens is 398 g/mol. The molecule has 1 saturated heterocycles. The van der Waals surface area contributed by atoms with E-state index in [0.29, 0.717) is 43.8 Å². The molecule has 1 aromatic heterocycles. The van der Waals surface area contributed by atoms with Crippen LogP contribution in [-0.4, -0.2) is 55.2 Å². The first-order valence-electron chi connectivity index (χ1n) is 10.4. The molecule has 1 aliphatic heterocycles. The number of hydrogen-bond donors (Lipinski definition) is 0. The average molecular weight is 430 g/mol. The summed E-state index contributed by atoms with van der Waals surface area (Å²) in [5.41, 5.74) is 3.57. The molecule has 30 heavy (non-hydrogen) atoms. The molecule has 7 heteroatoms. The Balaban J connectivity index is 1.60. The van der Waals surface area contributed by atoms with Crippen molar-refractivity contribution in [3.63, 3.8) is 0 Å². The van der Waals surface area contributed by atoms with Gasteiger partial charge in [-0.1, -0.05) is 23.8 Å². The Labute approximate surface area is 180 Å². The number of aromatic nitrogens is 1. The Hall–Kier alpha value is -2.25. The number of amides is 1. The highest BCUT2D eigenvalue weighted by Gasteiger charge is 2.34. The zero-order chi connectivity index (χ0) is 21.9. The van der Waals surface area contributed by atoms with Gasteiger partial charge in [0.15, 0.2) is 0 Å². The molecule has 6 nitrogen and oxygen atoms in total. The second-order valence-corrected chi connectivity index (χ2v) is 10.1. The monoisotopic (exact) mass is 429 g/mol. The third kappa shape index (κ3) is 4.90. The van der Waals surface area contributed by atoms with E-state index in [4.69, 9.17) is 0 Å². The van der Waals surface area contributed by atoms with E-state index >= 15 is 0 Å². The maximum absolute atomic E-state index is 13.2. The molecule has 1 amide bonds. The Bertz CT molecular complexity index is 975. The van der Waals surface area contributed by atoms with Gasteiger partial charge in [0.2, 0.25) is 15.9 Å². The van der Waals surface area contributed by atoms with Crippen LogP contribution in [-0.2, 0) is 21.2 Å². The molecule has 2 heterocycles. The maximum atomic E-state index is 13.2. The van der Waals surface area contributed by atoms with E-state index in [1.54, 1.807) is 11.1 Å². The first-order chi connectivity index (χ1) is 14.2. The van der Waals surface area contributed by atoms with E-state index in [-0.39, 0.29) is 11.8 Å². The van der Waals surface area contributed by atoms with Crippen LogP contribution < -0.4 is 0 Å². The number of sulfonamides is 1. The zero-order valence-electron chi connectivity index (χ0n) is 18.3. The molecular formula is C23H31N3O3S. The Morgan fingerprint density at radius 1 is 1.13 bits per heavy atom. The predicted molar refractivity (Wildman–Crippen MR) is 118 cm³/mol. The lowest BCUT2D eigenvalue weighted by atomic mass is 9.96. The third-order valence-corrected chi connectivity index (χ3v) is 8.02. The number of likely N-dealkylation sites (N-methyl/N-ethyl adjacent to an activating group) is 1. The van der Waals surface area contributed by atoms with Gasteiger partial charge in [-0.3, -0.25) is 9.78 Å². The molecule has 3 rings (SSSR count). The zero-order valence-corrected chi connectivity index (χ0v) is 19.1. The fraction of sp³-hybridized carbons (Fsp3) is 0.478. The number of carbonyl (C=O) groups is 1. The summed E-state index contributed by atoms with van der Waals surface area (Å²) in [6.45, 7) is 7.02. The van der Waals surface area contributed by atoms with Crippen molar-refractivity contribution in [2.45, 2.75) is 44.9 Å². The van der Waals surface area contributed by atoms with Crippen LogP contribution in [0.5, 0.6) is 0 Å². The summed E-state index contributed by atoms with van der Waals surface area (Å²) in [7, 11) is -1.74. The van der Waals surface area contributed by atoms with Crippen LogP contribution in [0.25, 0.3) is 0 Å². The number of benzene rings is 1. The minimum atomic E-state index is -3.56. The van der Waals surface area contributed by atoms with Crippen LogP contribution in [0.3, 0.4) is 0 Å². The summed E-state index contributed by atoms with van der Waals surface area (Å²) in [6, 6.07) is 9.59. The minimum absolute atomic E-state index is 0.0886. The fourth-order valence-electron chi connectivity index (χ4n) is 4.30. The van der Waals surface area contributed by atoms with Gasteiger partial charge in [0.05, 0.1) is 4.90 Å². The van der Waals surface area contributed by atoms with Gasteiger partial charge in [-0.15, -0.1) is 0 Å². The lowest BCUT2D eigenvalue weighted by Gasteiger charge is -2.33. The molecule has 162 valence electrons. The number of carbonyl (C=O) groups excluding carboxylic acids is 1. The van der Waals surface area contributed by atoms with Gasteiger partial charge in [-0.05, 0) is 56.9 Å². The van der Waals surface area contributed by atoms with Crippen LogP contribution in [0.2, 0.25) is 0 Å². The summed E-state index contributed by atoms with van der Waals surface area (Å²) in [4.78, 5) is 19.3. The quantitative estimate of drug-likeness (QED) is 0.707. The SMILES string of the molecule is Cc1cc(C)c(S(=O)(=O)N2CCC(C(=O)N(C)CCc3ccccn3)CC2)c(C)c1. The van der Waals surface area contributed by atoms with E-state index in [1.165, 1.54) is 4.31 Å². The van der Waals surface area contributed by atoms with Crippen molar-refractivity contribution < 1.29 is 13.2 Å². The smallest absolute Gasteiger partial charge is 0.243 e. The van der Waals surface area contributed by atoms with E-state index in [2.05, 4.69) is 4.98 Å². The van der Waals surface area contributed by atoms with Gasteiger partial charge in [0.25, 0.3) is 0 Å². The number of pyridine rings is 1. The summed E-state index contributed by atoms with van der Waals surface area (Å²) in [5, 5.41) is 0. The number of rotatable bonds is 6.